The molecule has 4 unspecified atom stereocenters. The van der Waals surface area contributed by atoms with Crippen LogP contribution in [0, 0.1) is 23.7 Å². The van der Waals surface area contributed by atoms with Crippen molar-refractivity contribution in [2.75, 3.05) is 0 Å². The first kappa shape index (κ1) is 17.1. The van der Waals surface area contributed by atoms with Gasteiger partial charge in [-0.25, -0.2) is 0 Å². The molecule has 1 aliphatic rings. The predicted octanol–water partition coefficient (Wildman–Crippen LogP) is 6.84. The Hall–Kier alpha value is 0. The molecule has 0 heteroatoms. The van der Waals surface area contributed by atoms with E-state index in [0.717, 1.165) is 23.7 Å². The summed E-state index contributed by atoms with van der Waals surface area (Å²) >= 11 is 0. The summed E-state index contributed by atoms with van der Waals surface area (Å²) in [6.07, 6.45) is 16.1. The Morgan fingerprint density at radius 1 is 0.895 bits per heavy atom. The van der Waals surface area contributed by atoms with Crippen molar-refractivity contribution in [1.29, 1.82) is 0 Å². The molecule has 114 valence electrons. The maximum absolute atomic E-state index is 2.41. The first-order chi connectivity index (χ1) is 9.22. The monoisotopic (exact) mass is 266 g/mol. The molecular formula is C19H38. The molecule has 1 aliphatic carbocycles. The quantitative estimate of drug-likeness (QED) is 0.339. The third-order valence-electron chi connectivity index (χ3n) is 5.50. The van der Waals surface area contributed by atoms with Gasteiger partial charge in [0.15, 0.2) is 0 Å². The van der Waals surface area contributed by atoms with E-state index in [-0.39, 0.29) is 0 Å². The minimum absolute atomic E-state index is 0.947. The summed E-state index contributed by atoms with van der Waals surface area (Å²) in [5, 5.41) is 0. The SMILES string of the molecule is CCCCCC(CCCCC(C)CC)C1CC1CC. The molecule has 0 bridgehead atoms. The molecule has 0 saturated heterocycles. The van der Waals surface area contributed by atoms with Crippen LogP contribution in [0.25, 0.3) is 0 Å². The Morgan fingerprint density at radius 2 is 1.53 bits per heavy atom. The molecule has 0 aromatic heterocycles. The zero-order valence-corrected chi connectivity index (χ0v) is 14.1. The van der Waals surface area contributed by atoms with E-state index < -0.39 is 0 Å². The van der Waals surface area contributed by atoms with Gasteiger partial charge in [-0.1, -0.05) is 91.9 Å². The third-order valence-corrected chi connectivity index (χ3v) is 5.50. The largest absolute Gasteiger partial charge is 0.0654 e. The molecule has 0 N–H and O–H groups in total. The van der Waals surface area contributed by atoms with Gasteiger partial charge in [-0.15, -0.1) is 0 Å². The number of rotatable bonds is 12. The molecule has 1 fully saturated rings. The molecule has 0 radical (unpaired) electrons. The second-order valence-electron chi connectivity index (χ2n) is 7.12. The van der Waals surface area contributed by atoms with Crippen LogP contribution in [0.2, 0.25) is 0 Å². The van der Waals surface area contributed by atoms with E-state index in [2.05, 4.69) is 27.7 Å². The van der Waals surface area contributed by atoms with Crippen LogP contribution in [-0.4, -0.2) is 0 Å². The Kier molecular flexibility index (Phi) is 8.83. The minimum Gasteiger partial charge on any atom is -0.0654 e. The van der Waals surface area contributed by atoms with Gasteiger partial charge in [-0.3, -0.25) is 0 Å². The van der Waals surface area contributed by atoms with Gasteiger partial charge in [-0.2, -0.15) is 0 Å². The summed E-state index contributed by atoms with van der Waals surface area (Å²) in [6.45, 7) is 9.45. The molecular weight excluding hydrogens is 228 g/mol. The molecule has 0 aliphatic heterocycles. The summed E-state index contributed by atoms with van der Waals surface area (Å²) in [6, 6.07) is 0. The van der Waals surface area contributed by atoms with E-state index in [1.165, 1.54) is 64.2 Å². The summed E-state index contributed by atoms with van der Waals surface area (Å²) in [5.41, 5.74) is 0. The van der Waals surface area contributed by atoms with Gasteiger partial charge < -0.3 is 0 Å². The zero-order valence-electron chi connectivity index (χ0n) is 14.1. The van der Waals surface area contributed by atoms with Crippen LogP contribution in [-0.2, 0) is 0 Å². The normalized spacial score (nSPS) is 25.3. The van der Waals surface area contributed by atoms with Crippen LogP contribution in [0.1, 0.15) is 98.3 Å². The highest BCUT2D eigenvalue weighted by Crippen LogP contribution is 2.49. The highest BCUT2D eigenvalue weighted by Gasteiger charge is 2.40. The summed E-state index contributed by atoms with van der Waals surface area (Å²) in [5.74, 6) is 4.24. The Labute approximate surface area is 122 Å². The van der Waals surface area contributed by atoms with Crippen LogP contribution in [0.15, 0.2) is 0 Å². The molecule has 0 amide bonds. The fourth-order valence-electron chi connectivity index (χ4n) is 3.65. The van der Waals surface area contributed by atoms with Crippen molar-refractivity contribution in [2.45, 2.75) is 98.3 Å². The standard InChI is InChI=1S/C19H38/c1-5-8-9-13-18(19-15-17(19)7-3)14-11-10-12-16(4)6-2/h16-19H,5-15H2,1-4H3. The van der Waals surface area contributed by atoms with Gasteiger partial charge >= 0.3 is 0 Å². The third kappa shape index (κ3) is 6.82. The van der Waals surface area contributed by atoms with E-state index in [1.807, 2.05) is 0 Å². The zero-order chi connectivity index (χ0) is 14.1. The summed E-state index contributed by atoms with van der Waals surface area (Å²) in [4.78, 5) is 0. The minimum atomic E-state index is 0.947. The van der Waals surface area contributed by atoms with Crippen LogP contribution in [0.3, 0.4) is 0 Å². The number of unbranched alkanes of at least 4 members (excludes halogenated alkanes) is 3. The molecule has 0 aromatic carbocycles. The van der Waals surface area contributed by atoms with Crippen molar-refractivity contribution in [1.82, 2.24) is 0 Å². The smallest absolute Gasteiger partial charge is 0.0355 e. The molecule has 0 spiro atoms. The lowest BCUT2D eigenvalue weighted by Gasteiger charge is -2.17. The van der Waals surface area contributed by atoms with Crippen molar-refractivity contribution in [3.8, 4) is 0 Å². The maximum Gasteiger partial charge on any atom is -0.0355 e. The summed E-state index contributed by atoms with van der Waals surface area (Å²) in [7, 11) is 0. The van der Waals surface area contributed by atoms with Crippen molar-refractivity contribution >= 4 is 0 Å². The molecule has 1 saturated carbocycles. The van der Waals surface area contributed by atoms with Crippen LogP contribution in [0.5, 0.6) is 0 Å². The second kappa shape index (κ2) is 9.83. The number of hydrogen-bond acceptors (Lipinski definition) is 0. The lowest BCUT2D eigenvalue weighted by molar-refractivity contribution is 0.342. The van der Waals surface area contributed by atoms with Crippen molar-refractivity contribution in [2.24, 2.45) is 23.7 Å². The highest BCUT2D eigenvalue weighted by molar-refractivity contribution is 4.90. The molecule has 0 aromatic rings. The molecule has 4 atom stereocenters. The molecule has 1 rings (SSSR count). The topological polar surface area (TPSA) is 0 Å². The first-order valence-corrected chi connectivity index (χ1v) is 9.22. The Morgan fingerprint density at radius 3 is 2.05 bits per heavy atom. The fraction of sp³-hybridized carbons (Fsp3) is 1.00. The molecule has 0 heterocycles. The van der Waals surface area contributed by atoms with Crippen LogP contribution in [0.4, 0.5) is 0 Å². The van der Waals surface area contributed by atoms with Crippen LogP contribution < -0.4 is 0 Å². The van der Waals surface area contributed by atoms with Gasteiger partial charge in [0.2, 0.25) is 0 Å². The van der Waals surface area contributed by atoms with E-state index in [1.54, 1.807) is 6.42 Å². The van der Waals surface area contributed by atoms with Crippen molar-refractivity contribution in [3.63, 3.8) is 0 Å². The van der Waals surface area contributed by atoms with E-state index in [9.17, 15) is 0 Å². The lowest BCUT2D eigenvalue weighted by atomic mass is 9.88. The second-order valence-corrected chi connectivity index (χ2v) is 7.12. The first-order valence-electron chi connectivity index (χ1n) is 9.22. The van der Waals surface area contributed by atoms with Crippen LogP contribution >= 0.6 is 0 Å². The van der Waals surface area contributed by atoms with Crippen molar-refractivity contribution in [3.05, 3.63) is 0 Å². The van der Waals surface area contributed by atoms with Gasteiger partial charge in [-0.05, 0) is 30.1 Å². The van der Waals surface area contributed by atoms with Gasteiger partial charge in [0, 0.05) is 0 Å². The fourth-order valence-corrected chi connectivity index (χ4v) is 3.65. The summed E-state index contributed by atoms with van der Waals surface area (Å²) < 4.78 is 0. The van der Waals surface area contributed by atoms with Gasteiger partial charge in [0.25, 0.3) is 0 Å². The number of hydrogen-bond donors (Lipinski definition) is 0. The van der Waals surface area contributed by atoms with E-state index in [0.29, 0.717) is 0 Å². The maximum atomic E-state index is 2.41. The molecule has 19 heavy (non-hydrogen) atoms. The van der Waals surface area contributed by atoms with Gasteiger partial charge in [0.1, 0.15) is 0 Å². The Balaban J connectivity index is 2.17. The average Bonchev–Trinajstić information content (AvgIpc) is 3.20. The van der Waals surface area contributed by atoms with E-state index >= 15 is 0 Å². The molecule has 0 nitrogen and oxygen atoms in total. The average molecular weight is 267 g/mol. The Bertz CT molecular complexity index is 208. The van der Waals surface area contributed by atoms with E-state index in [4.69, 9.17) is 0 Å². The highest BCUT2D eigenvalue weighted by atomic mass is 14.5. The predicted molar refractivity (Wildman–Crippen MR) is 87.4 cm³/mol. The lowest BCUT2D eigenvalue weighted by Crippen LogP contribution is -2.05. The van der Waals surface area contributed by atoms with Crippen molar-refractivity contribution < 1.29 is 0 Å². The van der Waals surface area contributed by atoms with Gasteiger partial charge in [0.05, 0.1) is 0 Å².